The van der Waals surface area contributed by atoms with Gasteiger partial charge < -0.3 is 14.8 Å². The summed E-state index contributed by atoms with van der Waals surface area (Å²) in [7, 11) is -3.70. The average molecular weight is 453 g/mol. The molecule has 2 rings (SSSR count). The fraction of sp³-hybridized carbons (Fsp3) is 0.409. The van der Waals surface area contributed by atoms with Gasteiger partial charge in [-0.05, 0) is 44.2 Å². The maximum absolute atomic E-state index is 13.2. The average Bonchev–Trinajstić information content (AvgIpc) is 2.69. The van der Waals surface area contributed by atoms with Crippen molar-refractivity contribution in [2.24, 2.45) is 0 Å². The van der Waals surface area contributed by atoms with Crippen molar-refractivity contribution in [3.05, 3.63) is 48.3 Å². The molecule has 2 aromatic carbocycles. The van der Waals surface area contributed by atoms with Crippen LogP contribution in [0.2, 0.25) is 0 Å². The number of halogens is 1. The van der Waals surface area contributed by atoms with E-state index in [1.807, 2.05) is 13.8 Å². The molecule has 2 aromatic rings. The molecular formula is C22H29FN2O5S. The molecule has 0 atom stereocenters. The maximum Gasteiger partial charge on any atom is 0.243 e. The zero-order chi connectivity index (χ0) is 23.0. The number of rotatable bonds is 11. The lowest BCUT2D eigenvalue weighted by molar-refractivity contribution is -0.116. The molecule has 1 N–H and O–H groups in total. The van der Waals surface area contributed by atoms with Crippen LogP contribution in [0.15, 0.2) is 47.4 Å². The highest BCUT2D eigenvalue weighted by Crippen LogP contribution is 2.30. The molecule has 7 nitrogen and oxygen atoms in total. The highest BCUT2D eigenvalue weighted by atomic mass is 32.2. The summed E-state index contributed by atoms with van der Waals surface area (Å²) < 4.78 is 51.3. The van der Waals surface area contributed by atoms with Gasteiger partial charge in [0.15, 0.2) is 0 Å². The van der Waals surface area contributed by atoms with Gasteiger partial charge in [-0.2, -0.15) is 4.31 Å². The van der Waals surface area contributed by atoms with Crippen molar-refractivity contribution < 1.29 is 27.1 Å². The molecule has 0 aliphatic carbocycles. The van der Waals surface area contributed by atoms with Crippen LogP contribution in [0.1, 0.15) is 34.1 Å². The van der Waals surface area contributed by atoms with Crippen LogP contribution >= 0.6 is 0 Å². The second-order valence-corrected chi connectivity index (χ2v) is 8.96. The molecule has 0 saturated carbocycles. The molecule has 0 bridgehead atoms. The Kier molecular flexibility index (Phi) is 8.82. The molecule has 0 aromatic heterocycles. The summed E-state index contributed by atoms with van der Waals surface area (Å²) in [5.74, 6) is -0.122. The van der Waals surface area contributed by atoms with Crippen molar-refractivity contribution in [2.45, 2.75) is 45.1 Å². The zero-order valence-electron chi connectivity index (χ0n) is 18.2. The van der Waals surface area contributed by atoms with Gasteiger partial charge in [0.2, 0.25) is 15.9 Å². The van der Waals surface area contributed by atoms with Crippen LogP contribution in [0, 0.1) is 5.82 Å². The Morgan fingerprint density at radius 1 is 1.13 bits per heavy atom. The third kappa shape index (κ3) is 6.93. The quantitative estimate of drug-likeness (QED) is 0.556. The van der Waals surface area contributed by atoms with E-state index < -0.39 is 15.8 Å². The monoisotopic (exact) mass is 452 g/mol. The summed E-state index contributed by atoms with van der Waals surface area (Å²) in [5, 5.41) is 2.70. The second-order valence-electron chi connectivity index (χ2n) is 7.02. The molecule has 0 aliphatic rings. The van der Waals surface area contributed by atoms with Gasteiger partial charge in [-0.1, -0.05) is 19.9 Å². The number of carbonyl (C=O) groups is 1. The van der Waals surface area contributed by atoms with Gasteiger partial charge >= 0.3 is 0 Å². The highest BCUT2D eigenvalue weighted by Gasteiger charge is 2.23. The van der Waals surface area contributed by atoms with Gasteiger partial charge in [0.25, 0.3) is 0 Å². The summed E-state index contributed by atoms with van der Waals surface area (Å²) >= 11 is 0. The molecule has 0 aliphatic heterocycles. The van der Waals surface area contributed by atoms with E-state index in [1.54, 1.807) is 19.9 Å². The molecule has 0 radical (unpaired) electrons. The molecule has 0 unspecified atom stereocenters. The van der Waals surface area contributed by atoms with Crippen LogP contribution in [0.4, 0.5) is 10.1 Å². The predicted octanol–water partition coefficient (Wildman–Crippen LogP) is 4.05. The molecule has 0 fully saturated rings. The molecule has 0 spiro atoms. The number of sulfonamides is 1. The van der Waals surface area contributed by atoms with Gasteiger partial charge in [-0.25, -0.2) is 12.8 Å². The van der Waals surface area contributed by atoms with E-state index in [0.29, 0.717) is 24.6 Å². The summed E-state index contributed by atoms with van der Waals surface area (Å²) in [6, 6.07) is 10.0. The number of nitrogens with one attached hydrogen (secondary N) is 1. The molecular weight excluding hydrogens is 423 g/mol. The number of ether oxygens (including phenoxy) is 2. The maximum atomic E-state index is 13.2. The molecule has 31 heavy (non-hydrogen) atoms. The van der Waals surface area contributed by atoms with Gasteiger partial charge in [-0.3, -0.25) is 4.79 Å². The van der Waals surface area contributed by atoms with Crippen molar-refractivity contribution >= 4 is 21.6 Å². The third-order valence-electron chi connectivity index (χ3n) is 4.32. The Balaban J connectivity index is 2.16. The first-order valence-electron chi connectivity index (χ1n) is 10.2. The molecule has 0 heterocycles. The first-order valence-corrected chi connectivity index (χ1v) is 11.6. The van der Waals surface area contributed by atoms with Crippen molar-refractivity contribution in [1.82, 2.24) is 4.31 Å². The molecule has 0 saturated heterocycles. The number of anilines is 1. The van der Waals surface area contributed by atoms with E-state index in [0.717, 1.165) is 0 Å². The fourth-order valence-electron chi connectivity index (χ4n) is 2.87. The lowest BCUT2D eigenvalue weighted by Crippen LogP contribution is -2.30. The lowest BCUT2D eigenvalue weighted by Gasteiger charge is -2.20. The van der Waals surface area contributed by atoms with Crippen LogP contribution in [0.25, 0.3) is 0 Å². The number of benzene rings is 2. The summed E-state index contributed by atoms with van der Waals surface area (Å²) in [4.78, 5) is 12.5. The summed E-state index contributed by atoms with van der Waals surface area (Å²) in [5.41, 5.74) is 0.262. The topological polar surface area (TPSA) is 84.9 Å². The minimum atomic E-state index is -3.70. The third-order valence-corrected chi connectivity index (χ3v) is 6.37. The van der Waals surface area contributed by atoms with Gasteiger partial charge in [0, 0.05) is 19.2 Å². The van der Waals surface area contributed by atoms with Crippen molar-refractivity contribution in [2.75, 3.05) is 25.0 Å². The Labute approximate surface area is 183 Å². The van der Waals surface area contributed by atoms with Gasteiger partial charge in [0.05, 0.1) is 29.7 Å². The standard InChI is InChI=1S/C22H29FN2O5S/c1-5-25(6-2)31(27,28)19-10-11-21(30-16(3)4)20(15-19)24-22(26)12-13-29-18-9-7-8-17(23)14-18/h7-11,14-16H,5-6,12-13H2,1-4H3,(H,24,26). The Hall–Kier alpha value is -2.65. The molecule has 170 valence electrons. The Morgan fingerprint density at radius 3 is 2.45 bits per heavy atom. The molecule has 9 heteroatoms. The number of carbonyl (C=O) groups excluding carboxylic acids is 1. The smallest absolute Gasteiger partial charge is 0.243 e. The largest absolute Gasteiger partial charge is 0.493 e. The number of nitrogens with zero attached hydrogens (tertiary/aromatic N) is 1. The van der Waals surface area contributed by atoms with Gasteiger partial charge in [0.1, 0.15) is 17.3 Å². The number of hydrogen-bond donors (Lipinski definition) is 1. The lowest BCUT2D eigenvalue weighted by atomic mass is 10.2. The summed E-state index contributed by atoms with van der Waals surface area (Å²) in [6.45, 7) is 7.90. The Morgan fingerprint density at radius 2 is 1.84 bits per heavy atom. The van der Waals surface area contributed by atoms with E-state index in [1.165, 1.54) is 40.7 Å². The van der Waals surface area contributed by atoms with Crippen molar-refractivity contribution in [3.8, 4) is 11.5 Å². The minimum absolute atomic E-state index is 0.00927. The van der Waals surface area contributed by atoms with E-state index in [2.05, 4.69) is 5.32 Å². The van der Waals surface area contributed by atoms with E-state index in [4.69, 9.17) is 9.47 Å². The number of amides is 1. The fourth-order valence-corrected chi connectivity index (χ4v) is 4.35. The van der Waals surface area contributed by atoms with Crippen LogP contribution in [-0.2, 0) is 14.8 Å². The van der Waals surface area contributed by atoms with Gasteiger partial charge in [-0.15, -0.1) is 0 Å². The normalized spacial score (nSPS) is 11.6. The van der Waals surface area contributed by atoms with Crippen molar-refractivity contribution in [1.29, 1.82) is 0 Å². The second kappa shape index (κ2) is 11.1. The van der Waals surface area contributed by atoms with E-state index >= 15 is 0 Å². The van der Waals surface area contributed by atoms with Crippen LogP contribution < -0.4 is 14.8 Å². The first kappa shape index (κ1) is 24.6. The Bertz CT molecular complexity index is 991. The van der Waals surface area contributed by atoms with E-state index in [9.17, 15) is 17.6 Å². The number of hydrogen-bond acceptors (Lipinski definition) is 5. The first-order chi connectivity index (χ1) is 14.7. The minimum Gasteiger partial charge on any atom is -0.493 e. The SMILES string of the molecule is CCN(CC)S(=O)(=O)c1ccc(OC(C)C)c(NC(=O)CCOc2cccc(F)c2)c1. The molecule has 1 amide bonds. The highest BCUT2D eigenvalue weighted by molar-refractivity contribution is 7.89. The van der Waals surface area contributed by atoms with Crippen LogP contribution in [0.5, 0.6) is 11.5 Å². The van der Waals surface area contributed by atoms with E-state index in [-0.39, 0.29) is 35.6 Å². The van der Waals surface area contributed by atoms with Crippen molar-refractivity contribution in [3.63, 3.8) is 0 Å². The van der Waals surface area contributed by atoms with Crippen LogP contribution in [-0.4, -0.2) is 44.4 Å². The predicted molar refractivity (Wildman–Crippen MR) is 117 cm³/mol. The zero-order valence-corrected chi connectivity index (χ0v) is 19.0. The van der Waals surface area contributed by atoms with Crippen LogP contribution in [0.3, 0.4) is 0 Å². The summed E-state index contributed by atoms with van der Waals surface area (Å²) in [6.07, 6.45) is -0.179.